The van der Waals surface area contributed by atoms with Crippen molar-refractivity contribution < 1.29 is 13.6 Å². The van der Waals surface area contributed by atoms with E-state index in [9.17, 15) is 13.6 Å². The van der Waals surface area contributed by atoms with Crippen LogP contribution in [0.4, 0.5) is 20.2 Å². The normalized spacial score (nSPS) is 17.9. The van der Waals surface area contributed by atoms with E-state index < -0.39 is 6.43 Å². The highest BCUT2D eigenvalue weighted by Crippen LogP contribution is 2.45. The Bertz CT molecular complexity index is 1410. The predicted octanol–water partition coefficient (Wildman–Crippen LogP) is 6.39. The molecule has 0 radical (unpaired) electrons. The third kappa shape index (κ3) is 5.12. The Balaban J connectivity index is 1.42. The molecule has 1 aromatic heterocycles. The molecule has 0 aliphatic carbocycles. The number of fused-ring (bicyclic) bond motifs is 2. The number of aromatic nitrogens is 2. The number of amides is 1. The van der Waals surface area contributed by atoms with Gasteiger partial charge in [0.2, 0.25) is 5.91 Å². The van der Waals surface area contributed by atoms with Gasteiger partial charge in [0.25, 0.3) is 6.43 Å². The summed E-state index contributed by atoms with van der Waals surface area (Å²) in [6.07, 6.45) is 4.73. The maximum Gasteiger partial charge on any atom is 0.264 e. The Hall–Kier alpha value is -2.97. The molecule has 1 fully saturated rings. The maximum atomic E-state index is 14.5. The van der Waals surface area contributed by atoms with Crippen LogP contribution in [0.15, 0.2) is 36.7 Å². The number of carbonyl (C=O) groups excluding carboxylic acids is 1. The quantitative estimate of drug-likeness (QED) is 0.324. The number of hydrogen-bond acceptors (Lipinski definition) is 4. The second kappa shape index (κ2) is 11.1. The van der Waals surface area contributed by atoms with Gasteiger partial charge in [0.15, 0.2) is 0 Å². The molecule has 3 aliphatic heterocycles. The number of alkyl halides is 3. The highest BCUT2D eigenvalue weighted by Gasteiger charge is 2.32. The smallest absolute Gasteiger partial charge is 0.264 e. The number of rotatable bonds is 6. The first kappa shape index (κ1) is 27.2. The van der Waals surface area contributed by atoms with Gasteiger partial charge in [-0.1, -0.05) is 6.07 Å². The molecule has 4 heterocycles. The monoisotopic (exact) mass is 567 g/mol. The zero-order chi connectivity index (χ0) is 28.0. The summed E-state index contributed by atoms with van der Waals surface area (Å²) < 4.78 is 30.6. The first-order chi connectivity index (χ1) is 19.3. The predicted molar refractivity (Wildman–Crippen MR) is 154 cm³/mol. The van der Waals surface area contributed by atoms with Crippen LogP contribution in [0.5, 0.6) is 0 Å². The first-order valence-corrected chi connectivity index (χ1v) is 14.8. The lowest BCUT2D eigenvalue weighted by atomic mass is 9.86. The minimum atomic E-state index is -2.60. The van der Waals surface area contributed by atoms with Gasteiger partial charge >= 0.3 is 0 Å². The van der Waals surface area contributed by atoms with Crippen LogP contribution in [-0.2, 0) is 31.4 Å². The van der Waals surface area contributed by atoms with E-state index in [0.29, 0.717) is 36.0 Å². The van der Waals surface area contributed by atoms with Crippen LogP contribution in [0.3, 0.4) is 0 Å². The minimum absolute atomic E-state index is 0.0310. The molecule has 3 aromatic rings. The molecule has 2 aromatic carbocycles. The van der Waals surface area contributed by atoms with Gasteiger partial charge in [-0.2, -0.15) is 5.10 Å². The van der Waals surface area contributed by atoms with Crippen LogP contribution in [0.1, 0.15) is 66.3 Å². The topological polar surface area (TPSA) is 44.6 Å². The van der Waals surface area contributed by atoms with Crippen molar-refractivity contribution in [2.45, 2.75) is 58.0 Å². The van der Waals surface area contributed by atoms with Gasteiger partial charge in [-0.15, -0.1) is 11.6 Å². The van der Waals surface area contributed by atoms with Crippen LogP contribution < -0.4 is 4.90 Å². The standard InChI is InChI=1S/C31H36ClF2N5O/c1-20(40)38-18-24-12-23(21-5-9-37(10-6-21)11-7-32)14-30(28(24)19-38)39-8-3-4-22-13-26(25-16-35-36(2)17-25)27(31(33)34)15-29(22)39/h12-17,21,31H,3-11,18-19H2,1-2H3. The zero-order valence-corrected chi connectivity index (χ0v) is 23.9. The van der Waals surface area contributed by atoms with Crippen LogP contribution in [0, 0.1) is 0 Å². The molecule has 1 saturated heterocycles. The number of aryl methyl sites for hydroxylation is 2. The SMILES string of the molecule is CC(=O)N1Cc2cc(C3CCN(CCCl)CC3)cc(N3CCCc4cc(-c5cnn(C)c5)c(C(F)F)cc43)c2C1. The van der Waals surface area contributed by atoms with Crippen molar-refractivity contribution >= 4 is 28.9 Å². The van der Waals surface area contributed by atoms with Gasteiger partial charge in [0, 0.05) is 80.3 Å². The third-order valence-corrected chi connectivity index (χ3v) is 9.04. The Morgan fingerprint density at radius 2 is 1.88 bits per heavy atom. The number of benzene rings is 2. The fourth-order valence-corrected chi connectivity index (χ4v) is 6.95. The zero-order valence-electron chi connectivity index (χ0n) is 23.2. The van der Waals surface area contributed by atoms with E-state index in [2.05, 4.69) is 27.0 Å². The number of anilines is 2. The summed E-state index contributed by atoms with van der Waals surface area (Å²) in [4.78, 5) is 18.9. The van der Waals surface area contributed by atoms with E-state index in [0.717, 1.165) is 74.4 Å². The van der Waals surface area contributed by atoms with Gasteiger partial charge in [-0.3, -0.25) is 9.48 Å². The van der Waals surface area contributed by atoms with Crippen LogP contribution in [0.2, 0.25) is 0 Å². The summed E-state index contributed by atoms with van der Waals surface area (Å²) in [6, 6.07) is 8.22. The lowest BCUT2D eigenvalue weighted by molar-refractivity contribution is -0.129. The molecular formula is C31H36ClF2N5O. The molecule has 1 amide bonds. The van der Waals surface area contributed by atoms with Crippen molar-refractivity contribution in [2.24, 2.45) is 7.05 Å². The molecule has 212 valence electrons. The van der Waals surface area contributed by atoms with Crippen molar-refractivity contribution in [1.29, 1.82) is 0 Å². The summed E-state index contributed by atoms with van der Waals surface area (Å²) in [6.45, 7) is 6.47. The van der Waals surface area contributed by atoms with E-state index in [1.54, 1.807) is 37.1 Å². The van der Waals surface area contributed by atoms with Gasteiger partial charge in [0.1, 0.15) is 0 Å². The molecule has 40 heavy (non-hydrogen) atoms. The van der Waals surface area contributed by atoms with E-state index in [4.69, 9.17) is 11.6 Å². The van der Waals surface area contributed by atoms with Crippen molar-refractivity contribution in [3.63, 3.8) is 0 Å². The summed E-state index contributed by atoms with van der Waals surface area (Å²) in [7, 11) is 1.80. The van der Waals surface area contributed by atoms with Gasteiger partial charge in [-0.05, 0) is 85.1 Å². The number of carbonyl (C=O) groups is 1. The van der Waals surface area contributed by atoms with Crippen LogP contribution in [-0.4, -0.2) is 57.5 Å². The van der Waals surface area contributed by atoms with Gasteiger partial charge < -0.3 is 14.7 Å². The molecule has 0 unspecified atom stereocenters. The van der Waals surface area contributed by atoms with Crippen molar-refractivity contribution in [3.8, 4) is 11.1 Å². The van der Waals surface area contributed by atoms with Crippen molar-refractivity contribution in [1.82, 2.24) is 19.6 Å². The highest BCUT2D eigenvalue weighted by molar-refractivity contribution is 6.18. The molecule has 9 heteroatoms. The molecule has 0 bridgehead atoms. The lowest BCUT2D eigenvalue weighted by Crippen LogP contribution is -2.34. The van der Waals surface area contributed by atoms with E-state index in [1.807, 2.05) is 11.0 Å². The number of nitrogens with zero attached hydrogens (tertiary/aromatic N) is 5. The number of hydrogen-bond donors (Lipinski definition) is 0. The molecule has 0 spiro atoms. The largest absolute Gasteiger partial charge is 0.341 e. The highest BCUT2D eigenvalue weighted by atomic mass is 35.5. The second-order valence-electron chi connectivity index (χ2n) is 11.4. The van der Waals surface area contributed by atoms with Gasteiger partial charge in [0.05, 0.1) is 6.20 Å². The number of piperidine rings is 1. The molecule has 6 rings (SSSR count). The van der Waals surface area contributed by atoms with Gasteiger partial charge in [-0.25, -0.2) is 8.78 Å². The average Bonchev–Trinajstić information content (AvgIpc) is 3.58. The molecular weight excluding hydrogens is 532 g/mol. The van der Waals surface area contributed by atoms with Crippen LogP contribution in [0.25, 0.3) is 11.1 Å². The average molecular weight is 568 g/mol. The summed E-state index contributed by atoms with van der Waals surface area (Å²) in [5.74, 6) is 1.13. The Labute approximate surface area is 239 Å². The van der Waals surface area contributed by atoms with E-state index in [-0.39, 0.29) is 11.5 Å². The molecule has 3 aliphatic rings. The van der Waals surface area contributed by atoms with Crippen molar-refractivity contribution in [3.05, 3.63) is 64.5 Å². The molecule has 0 N–H and O–H groups in total. The lowest BCUT2D eigenvalue weighted by Gasteiger charge is -2.36. The Morgan fingerprint density at radius 1 is 1.07 bits per heavy atom. The second-order valence-corrected chi connectivity index (χ2v) is 11.8. The minimum Gasteiger partial charge on any atom is -0.341 e. The Morgan fingerprint density at radius 3 is 2.55 bits per heavy atom. The van der Waals surface area contributed by atoms with Crippen LogP contribution >= 0.6 is 11.6 Å². The summed E-state index contributed by atoms with van der Waals surface area (Å²) >= 11 is 5.99. The number of likely N-dealkylation sites (tertiary alicyclic amines) is 1. The maximum absolute atomic E-state index is 14.5. The Kier molecular flexibility index (Phi) is 7.57. The van der Waals surface area contributed by atoms with E-state index in [1.165, 1.54) is 11.1 Å². The fraction of sp³-hybridized carbons (Fsp3) is 0.484. The first-order valence-electron chi connectivity index (χ1n) is 14.2. The summed E-state index contributed by atoms with van der Waals surface area (Å²) in [5, 5.41) is 4.22. The summed E-state index contributed by atoms with van der Waals surface area (Å²) in [5.41, 5.74) is 7.89. The van der Waals surface area contributed by atoms with Crippen molar-refractivity contribution in [2.75, 3.05) is 37.0 Å². The fourth-order valence-electron chi connectivity index (χ4n) is 6.71. The third-order valence-electron chi connectivity index (χ3n) is 8.87. The molecule has 6 nitrogen and oxygen atoms in total. The molecule has 0 atom stereocenters. The van der Waals surface area contributed by atoms with E-state index >= 15 is 0 Å². The molecule has 0 saturated carbocycles. The number of halogens is 3.